The Morgan fingerprint density at radius 1 is 1.62 bits per heavy atom. The molecule has 2 N–H and O–H groups in total. The molecule has 2 nitrogen and oxygen atoms in total. The molecule has 1 aliphatic rings. The molecule has 1 aromatic rings. The molecule has 0 bridgehead atoms. The summed E-state index contributed by atoms with van der Waals surface area (Å²) in [6.07, 6.45) is 4.29. The molecule has 70 valence electrons. The van der Waals surface area contributed by atoms with Gasteiger partial charge >= 0.3 is 0 Å². The molecule has 0 amide bonds. The van der Waals surface area contributed by atoms with Crippen LogP contribution in [0.4, 0.5) is 0 Å². The van der Waals surface area contributed by atoms with Gasteiger partial charge in [0.25, 0.3) is 0 Å². The van der Waals surface area contributed by atoms with E-state index in [2.05, 4.69) is 27.6 Å². The lowest BCUT2D eigenvalue weighted by molar-refractivity contribution is 0.630. The molecule has 1 unspecified atom stereocenters. The van der Waals surface area contributed by atoms with Crippen LogP contribution in [0.25, 0.3) is 0 Å². The van der Waals surface area contributed by atoms with Crippen LogP contribution in [0.15, 0.2) is 12.3 Å². The van der Waals surface area contributed by atoms with Crippen LogP contribution in [-0.2, 0) is 0 Å². The lowest BCUT2D eigenvalue weighted by Gasteiger charge is -2.10. The number of rotatable bonds is 2. The monoisotopic (exact) mass is 308 g/mol. The van der Waals surface area contributed by atoms with Crippen LogP contribution in [-0.4, -0.2) is 4.98 Å². The standard InChI is InChI=1S/C9H10ClIN2/c10-9-7(11)3-6(4-13-9)8(12)5-1-2-5/h3-5,8H,1-2,12H2. The maximum absolute atomic E-state index is 6.03. The predicted octanol–water partition coefficient (Wildman–Crippen LogP) is 2.75. The van der Waals surface area contributed by atoms with E-state index < -0.39 is 0 Å². The summed E-state index contributed by atoms with van der Waals surface area (Å²) in [5.41, 5.74) is 7.14. The zero-order chi connectivity index (χ0) is 9.42. The van der Waals surface area contributed by atoms with Crippen LogP contribution in [0.2, 0.25) is 5.15 Å². The molecule has 1 aliphatic carbocycles. The van der Waals surface area contributed by atoms with Gasteiger partial charge in [0, 0.05) is 12.2 Å². The lowest BCUT2D eigenvalue weighted by Crippen LogP contribution is -2.12. The molecular formula is C9H10ClIN2. The summed E-state index contributed by atoms with van der Waals surface area (Å²) < 4.78 is 0.980. The highest BCUT2D eigenvalue weighted by Gasteiger charge is 2.29. The molecule has 13 heavy (non-hydrogen) atoms. The summed E-state index contributed by atoms with van der Waals surface area (Å²) in [7, 11) is 0. The predicted molar refractivity (Wildman–Crippen MR) is 61.6 cm³/mol. The van der Waals surface area contributed by atoms with Crippen molar-refractivity contribution < 1.29 is 0 Å². The number of nitrogens with zero attached hydrogens (tertiary/aromatic N) is 1. The van der Waals surface area contributed by atoms with Crippen molar-refractivity contribution in [3.63, 3.8) is 0 Å². The molecule has 1 saturated carbocycles. The summed E-state index contributed by atoms with van der Waals surface area (Å²) in [6, 6.07) is 2.18. The van der Waals surface area contributed by atoms with Crippen molar-refractivity contribution in [3.05, 3.63) is 26.5 Å². The maximum Gasteiger partial charge on any atom is 0.142 e. The van der Waals surface area contributed by atoms with Gasteiger partial charge < -0.3 is 5.73 Å². The first-order chi connectivity index (χ1) is 6.18. The topological polar surface area (TPSA) is 38.9 Å². The second kappa shape index (κ2) is 3.71. The number of aromatic nitrogens is 1. The third-order valence-corrected chi connectivity index (χ3v) is 3.77. The van der Waals surface area contributed by atoms with Crippen molar-refractivity contribution >= 4 is 34.2 Å². The average molecular weight is 309 g/mol. The molecule has 0 spiro atoms. The fourth-order valence-corrected chi connectivity index (χ4v) is 1.95. The van der Waals surface area contributed by atoms with Gasteiger partial charge in [0.15, 0.2) is 0 Å². The normalized spacial score (nSPS) is 18.7. The Hall–Kier alpha value is 0.130. The second-order valence-electron chi connectivity index (χ2n) is 3.40. The van der Waals surface area contributed by atoms with E-state index in [-0.39, 0.29) is 6.04 Å². The smallest absolute Gasteiger partial charge is 0.142 e. The molecule has 0 aromatic carbocycles. The van der Waals surface area contributed by atoms with Crippen molar-refractivity contribution in [2.24, 2.45) is 11.7 Å². The van der Waals surface area contributed by atoms with Gasteiger partial charge in [-0.1, -0.05) is 11.6 Å². The minimum Gasteiger partial charge on any atom is -0.324 e. The van der Waals surface area contributed by atoms with Gasteiger partial charge in [0.1, 0.15) is 5.15 Å². The lowest BCUT2D eigenvalue weighted by atomic mass is 10.1. The molecule has 0 saturated heterocycles. The van der Waals surface area contributed by atoms with Crippen molar-refractivity contribution in [1.82, 2.24) is 4.98 Å². The number of nitrogens with two attached hydrogens (primary N) is 1. The van der Waals surface area contributed by atoms with E-state index in [0.717, 1.165) is 9.13 Å². The van der Waals surface area contributed by atoms with Gasteiger partial charge in [0.05, 0.1) is 3.57 Å². The Labute approximate surface area is 96.0 Å². The van der Waals surface area contributed by atoms with Crippen LogP contribution < -0.4 is 5.73 Å². The summed E-state index contributed by atoms with van der Waals surface area (Å²) in [5, 5.41) is 0.562. The number of hydrogen-bond donors (Lipinski definition) is 1. The number of halogens is 2. The fourth-order valence-electron chi connectivity index (χ4n) is 1.35. The highest BCUT2D eigenvalue weighted by Crippen LogP contribution is 2.39. The molecule has 0 aliphatic heterocycles. The van der Waals surface area contributed by atoms with Gasteiger partial charge in [-0.2, -0.15) is 0 Å². The van der Waals surface area contributed by atoms with Crippen molar-refractivity contribution in [3.8, 4) is 0 Å². The minimum absolute atomic E-state index is 0.151. The van der Waals surface area contributed by atoms with Gasteiger partial charge in [-0.15, -0.1) is 0 Å². The third-order valence-electron chi connectivity index (χ3n) is 2.33. The largest absolute Gasteiger partial charge is 0.324 e. The molecule has 4 heteroatoms. The summed E-state index contributed by atoms with van der Waals surface area (Å²) >= 11 is 8.00. The van der Waals surface area contributed by atoms with Crippen molar-refractivity contribution in [2.45, 2.75) is 18.9 Å². The zero-order valence-corrected chi connectivity index (χ0v) is 9.92. The fraction of sp³-hybridized carbons (Fsp3) is 0.444. The zero-order valence-electron chi connectivity index (χ0n) is 7.00. The van der Waals surface area contributed by atoms with Crippen LogP contribution in [0.3, 0.4) is 0 Å². The van der Waals surface area contributed by atoms with Crippen LogP contribution in [0.5, 0.6) is 0 Å². The SMILES string of the molecule is NC(c1cnc(Cl)c(I)c1)C1CC1. The Morgan fingerprint density at radius 2 is 2.31 bits per heavy atom. The third kappa shape index (κ3) is 2.14. The van der Waals surface area contributed by atoms with Crippen molar-refractivity contribution in [1.29, 1.82) is 0 Å². The van der Waals surface area contributed by atoms with Crippen LogP contribution in [0, 0.1) is 9.49 Å². The molecule has 0 radical (unpaired) electrons. The van der Waals surface area contributed by atoms with E-state index in [9.17, 15) is 0 Å². The van der Waals surface area contributed by atoms with Crippen LogP contribution in [0.1, 0.15) is 24.4 Å². The highest BCUT2D eigenvalue weighted by molar-refractivity contribution is 14.1. The molecule has 1 heterocycles. The number of pyridine rings is 1. The van der Waals surface area contributed by atoms with Gasteiger partial charge in [-0.05, 0) is 53.0 Å². The summed E-state index contributed by atoms with van der Waals surface area (Å²) in [4.78, 5) is 4.09. The van der Waals surface area contributed by atoms with Gasteiger partial charge in [-0.25, -0.2) is 4.98 Å². The van der Waals surface area contributed by atoms with E-state index in [1.165, 1.54) is 12.8 Å². The quantitative estimate of drug-likeness (QED) is 0.674. The Balaban J connectivity index is 2.24. The Kier molecular flexibility index (Phi) is 2.76. The summed E-state index contributed by atoms with van der Waals surface area (Å²) in [6.45, 7) is 0. The van der Waals surface area contributed by atoms with Crippen molar-refractivity contribution in [2.75, 3.05) is 0 Å². The first-order valence-corrected chi connectivity index (χ1v) is 5.70. The first kappa shape index (κ1) is 9.68. The molecule has 1 fully saturated rings. The minimum atomic E-state index is 0.151. The average Bonchev–Trinajstić information content (AvgIpc) is 2.91. The highest BCUT2D eigenvalue weighted by atomic mass is 127. The molecular weight excluding hydrogens is 298 g/mol. The van der Waals surface area contributed by atoms with E-state index in [1.807, 2.05) is 6.07 Å². The van der Waals surface area contributed by atoms with Gasteiger partial charge in [0.2, 0.25) is 0 Å². The van der Waals surface area contributed by atoms with E-state index >= 15 is 0 Å². The van der Waals surface area contributed by atoms with E-state index in [1.54, 1.807) is 6.20 Å². The molecule has 1 aromatic heterocycles. The van der Waals surface area contributed by atoms with Gasteiger partial charge in [-0.3, -0.25) is 0 Å². The maximum atomic E-state index is 6.03. The number of hydrogen-bond acceptors (Lipinski definition) is 2. The summed E-state index contributed by atoms with van der Waals surface area (Å²) in [5.74, 6) is 0.666. The first-order valence-electron chi connectivity index (χ1n) is 4.25. The Bertz CT molecular complexity index is 325. The van der Waals surface area contributed by atoms with E-state index in [4.69, 9.17) is 17.3 Å². The van der Waals surface area contributed by atoms with Crippen LogP contribution >= 0.6 is 34.2 Å². The van der Waals surface area contributed by atoms with E-state index in [0.29, 0.717) is 11.1 Å². The molecule has 2 rings (SSSR count). The second-order valence-corrected chi connectivity index (χ2v) is 4.92. The molecule has 1 atom stereocenters. The Morgan fingerprint density at radius 3 is 2.85 bits per heavy atom.